The molecule has 0 radical (unpaired) electrons. The Morgan fingerprint density at radius 2 is 1.67 bits per heavy atom. The number of fused-ring (bicyclic) bond motifs is 3. The molecule has 0 saturated heterocycles. The van der Waals surface area contributed by atoms with Crippen LogP contribution in [0.1, 0.15) is 42.4 Å². The number of phenols is 2. The third-order valence-electron chi connectivity index (χ3n) is 4.83. The topological polar surface area (TPSA) is 49.7 Å². The normalized spacial score (nSPS) is 26.8. The summed E-state index contributed by atoms with van der Waals surface area (Å²) in [4.78, 5) is 0. The number of phenolic OH excluding ortho intramolecular Hbond substituents is 2. The van der Waals surface area contributed by atoms with E-state index in [4.69, 9.17) is 4.74 Å². The van der Waals surface area contributed by atoms with Crippen LogP contribution in [0.25, 0.3) is 0 Å². The largest absolute Gasteiger partial charge is 0.508 e. The fraction of sp³-hybridized carbons (Fsp3) is 0.333. The average Bonchev–Trinajstić information content (AvgIpc) is 2.97. The summed E-state index contributed by atoms with van der Waals surface area (Å²) in [5, 5.41) is 19.2. The quantitative estimate of drug-likeness (QED) is 0.827. The first-order valence-electron chi connectivity index (χ1n) is 7.51. The van der Waals surface area contributed by atoms with Crippen LogP contribution in [-0.4, -0.2) is 10.2 Å². The van der Waals surface area contributed by atoms with Gasteiger partial charge >= 0.3 is 0 Å². The van der Waals surface area contributed by atoms with E-state index in [2.05, 4.69) is 0 Å². The molecular weight excluding hydrogens is 264 g/mol. The van der Waals surface area contributed by atoms with Crippen molar-refractivity contribution >= 4 is 0 Å². The zero-order valence-corrected chi connectivity index (χ0v) is 11.7. The molecule has 0 aromatic heterocycles. The Hall–Kier alpha value is -2.16. The highest BCUT2D eigenvalue weighted by Crippen LogP contribution is 2.54. The summed E-state index contributed by atoms with van der Waals surface area (Å²) < 4.78 is 6.23. The van der Waals surface area contributed by atoms with E-state index < -0.39 is 0 Å². The van der Waals surface area contributed by atoms with Gasteiger partial charge in [-0.3, -0.25) is 0 Å². The van der Waals surface area contributed by atoms with Crippen molar-refractivity contribution in [2.24, 2.45) is 5.92 Å². The Kier molecular flexibility index (Phi) is 2.81. The van der Waals surface area contributed by atoms with Crippen molar-refractivity contribution in [1.82, 2.24) is 0 Å². The standard InChI is InChI=1S/C18H18O3/c19-12-6-4-11(5-7-12)18-15-3-1-2-14(15)16-10-13(20)8-9-17(16)21-18/h4-10,14-15,18-20H,1-3H2/t14-,15+,18-/m0/s1. The zero-order chi connectivity index (χ0) is 14.4. The molecule has 4 rings (SSSR count). The predicted molar refractivity (Wildman–Crippen MR) is 79.7 cm³/mol. The molecule has 2 N–H and O–H groups in total. The van der Waals surface area contributed by atoms with Gasteiger partial charge in [0.1, 0.15) is 23.4 Å². The van der Waals surface area contributed by atoms with Crippen molar-refractivity contribution in [3.05, 3.63) is 53.6 Å². The maximum Gasteiger partial charge on any atom is 0.127 e. The van der Waals surface area contributed by atoms with Gasteiger partial charge in [0.2, 0.25) is 0 Å². The van der Waals surface area contributed by atoms with Crippen molar-refractivity contribution in [2.75, 3.05) is 0 Å². The smallest absolute Gasteiger partial charge is 0.127 e. The Balaban J connectivity index is 1.77. The molecule has 3 heteroatoms. The molecule has 2 aliphatic rings. The molecule has 21 heavy (non-hydrogen) atoms. The summed E-state index contributed by atoms with van der Waals surface area (Å²) in [6.07, 6.45) is 3.53. The second kappa shape index (κ2) is 4.69. The minimum absolute atomic E-state index is 0.0372. The Bertz CT molecular complexity index is 663. The van der Waals surface area contributed by atoms with Gasteiger partial charge in [-0.1, -0.05) is 18.6 Å². The highest BCUT2D eigenvalue weighted by atomic mass is 16.5. The third kappa shape index (κ3) is 2.04. The van der Waals surface area contributed by atoms with Crippen LogP contribution in [0.3, 0.4) is 0 Å². The van der Waals surface area contributed by atoms with Gasteiger partial charge in [-0.2, -0.15) is 0 Å². The molecule has 0 unspecified atom stereocenters. The lowest BCUT2D eigenvalue weighted by atomic mass is 9.80. The van der Waals surface area contributed by atoms with E-state index >= 15 is 0 Å². The number of ether oxygens (including phenoxy) is 1. The van der Waals surface area contributed by atoms with Crippen molar-refractivity contribution < 1.29 is 14.9 Å². The minimum atomic E-state index is 0.0372. The lowest BCUT2D eigenvalue weighted by Crippen LogP contribution is -2.26. The van der Waals surface area contributed by atoms with Crippen LogP contribution < -0.4 is 4.74 Å². The Morgan fingerprint density at radius 1 is 0.905 bits per heavy atom. The zero-order valence-electron chi connectivity index (χ0n) is 11.7. The summed E-state index contributed by atoms with van der Waals surface area (Å²) >= 11 is 0. The molecule has 1 fully saturated rings. The molecule has 1 heterocycles. The van der Waals surface area contributed by atoms with Gasteiger partial charge in [0.25, 0.3) is 0 Å². The third-order valence-corrected chi connectivity index (χ3v) is 4.83. The van der Waals surface area contributed by atoms with E-state index in [0.29, 0.717) is 17.6 Å². The minimum Gasteiger partial charge on any atom is -0.508 e. The van der Waals surface area contributed by atoms with Gasteiger partial charge < -0.3 is 14.9 Å². The highest BCUT2D eigenvalue weighted by molar-refractivity contribution is 5.45. The first-order chi connectivity index (χ1) is 10.2. The number of hydrogen-bond acceptors (Lipinski definition) is 3. The van der Waals surface area contributed by atoms with Crippen LogP contribution in [0, 0.1) is 5.92 Å². The van der Waals surface area contributed by atoms with Gasteiger partial charge in [0, 0.05) is 11.5 Å². The number of rotatable bonds is 1. The second-order valence-electron chi connectivity index (χ2n) is 6.05. The van der Waals surface area contributed by atoms with Gasteiger partial charge in [-0.05, 0) is 54.7 Å². The van der Waals surface area contributed by atoms with Gasteiger partial charge in [0.15, 0.2) is 0 Å². The summed E-state index contributed by atoms with van der Waals surface area (Å²) in [6, 6.07) is 12.7. The van der Waals surface area contributed by atoms with Gasteiger partial charge in [-0.25, -0.2) is 0 Å². The van der Waals surface area contributed by atoms with Crippen LogP contribution in [0.5, 0.6) is 17.2 Å². The SMILES string of the molecule is Oc1ccc([C@@H]2Oc3ccc(O)cc3[C@H]3CCC[C@H]32)cc1. The number of benzene rings is 2. The molecule has 2 aromatic rings. The maximum absolute atomic E-state index is 9.74. The van der Waals surface area contributed by atoms with Crippen molar-refractivity contribution in [3.63, 3.8) is 0 Å². The fourth-order valence-electron chi connectivity index (χ4n) is 3.87. The highest BCUT2D eigenvalue weighted by Gasteiger charge is 2.41. The Morgan fingerprint density at radius 3 is 2.48 bits per heavy atom. The fourth-order valence-corrected chi connectivity index (χ4v) is 3.87. The monoisotopic (exact) mass is 282 g/mol. The maximum atomic E-state index is 9.74. The summed E-state index contributed by atoms with van der Waals surface area (Å²) in [6.45, 7) is 0. The Labute approximate surface area is 123 Å². The van der Waals surface area contributed by atoms with Crippen LogP contribution in [0.2, 0.25) is 0 Å². The van der Waals surface area contributed by atoms with E-state index in [9.17, 15) is 10.2 Å². The van der Waals surface area contributed by atoms with Crippen molar-refractivity contribution in [1.29, 1.82) is 0 Å². The lowest BCUT2D eigenvalue weighted by molar-refractivity contribution is 0.104. The van der Waals surface area contributed by atoms with Crippen molar-refractivity contribution in [2.45, 2.75) is 31.3 Å². The summed E-state index contributed by atoms with van der Waals surface area (Å²) in [5.74, 6) is 2.38. The molecule has 1 saturated carbocycles. The molecule has 1 aliphatic heterocycles. The summed E-state index contributed by atoms with van der Waals surface area (Å²) in [5.41, 5.74) is 2.26. The van der Waals surface area contributed by atoms with Crippen LogP contribution in [0.4, 0.5) is 0 Å². The summed E-state index contributed by atoms with van der Waals surface area (Å²) in [7, 11) is 0. The molecule has 2 aromatic carbocycles. The number of hydrogen-bond donors (Lipinski definition) is 2. The molecule has 108 valence electrons. The van der Waals surface area contributed by atoms with Crippen LogP contribution in [0.15, 0.2) is 42.5 Å². The molecule has 3 atom stereocenters. The molecule has 0 bridgehead atoms. The van der Waals surface area contributed by atoms with E-state index in [1.165, 1.54) is 6.42 Å². The number of aromatic hydroxyl groups is 2. The lowest BCUT2D eigenvalue weighted by Gasteiger charge is -2.36. The average molecular weight is 282 g/mol. The van der Waals surface area contributed by atoms with E-state index in [-0.39, 0.29) is 11.9 Å². The van der Waals surface area contributed by atoms with Crippen LogP contribution in [-0.2, 0) is 0 Å². The van der Waals surface area contributed by atoms with Crippen molar-refractivity contribution in [3.8, 4) is 17.2 Å². The van der Waals surface area contributed by atoms with Crippen LogP contribution >= 0.6 is 0 Å². The predicted octanol–water partition coefficient (Wildman–Crippen LogP) is 4.12. The van der Waals surface area contributed by atoms with E-state index in [0.717, 1.165) is 29.7 Å². The first-order valence-corrected chi connectivity index (χ1v) is 7.51. The second-order valence-corrected chi connectivity index (χ2v) is 6.05. The van der Waals surface area contributed by atoms with Gasteiger partial charge in [0.05, 0.1) is 0 Å². The van der Waals surface area contributed by atoms with E-state index in [1.807, 2.05) is 24.3 Å². The van der Waals surface area contributed by atoms with E-state index in [1.54, 1.807) is 18.2 Å². The molecule has 0 spiro atoms. The molecular formula is C18H18O3. The molecule has 1 aliphatic carbocycles. The van der Waals surface area contributed by atoms with Gasteiger partial charge in [-0.15, -0.1) is 0 Å². The molecule has 3 nitrogen and oxygen atoms in total. The molecule has 0 amide bonds. The first kappa shape index (κ1) is 12.6.